The third-order valence-corrected chi connectivity index (χ3v) is 2.72. The molecule has 80 valence electrons. The molecule has 0 bridgehead atoms. The maximum absolute atomic E-state index is 4.65. The highest BCUT2D eigenvalue weighted by Gasteiger charge is 2.13. The van der Waals surface area contributed by atoms with E-state index in [-0.39, 0.29) is 6.17 Å². The van der Waals surface area contributed by atoms with Crippen LogP contribution in [-0.2, 0) is 12.8 Å². The Labute approximate surface area is 90.6 Å². The molecule has 2 heterocycles. The van der Waals surface area contributed by atoms with E-state index in [1.165, 1.54) is 11.3 Å². The maximum atomic E-state index is 4.65. The zero-order chi connectivity index (χ0) is 10.8. The molecule has 0 aliphatic carbocycles. The van der Waals surface area contributed by atoms with Gasteiger partial charge in [0.1, 0.15) is 12.0 Å². The zero-order valence-electron chi connectivity index (χ0n) is 9.54. The molecule has 0 unspecified atom stereocenters. The highest BCUT2D eigenvalue weighted by Crippen LogP contribution is 2.21. The Morgan fingerprint density at radius 1 is 1.33 bits per heavy atom. The van der Waals surface area contributed by atoms with Crippen LogP contribution in [0.1, 0.15) is 37.6 Å². The van der Waals surface area contributed by atoms with Crippen molar-refractivity contribution >= 4 is 12.0 Å². The number of hydrogen-bond acceptors (Lipinski definition) is 3. The summed E-state index contributed by atoms with van der Waals surface area (Å²) >= 11 is 0. The van der Waals surface area contributed by atoms with Crippen molar-refractivity contribution < 1.29 is 0 Å². The first-order valence-electron chi connectivity index (χ1n) is 5.57. The topological polar surface area (TPSA) is 37.3 Å². The standard InChI is InChI=1S/C12H17N3/c1-4-9-6-10-7-13-8(3)14-12(10)15-11(9)5-2/h6-8H,4-5H2,1-3H3,(H,14,15)/t8-/m0/s1. The molecule has 1 aliphatic heterocycles. The summed E-state index contributed by atoms with van der Waals surface area (Å²) in [5.41, 5.74) is 3.65. The van der Waals surface area contributed by atoms with Crippen LogP contribution in [0.2, 0.25) is 0 Å². The Bertz CT molecular complexity index is 396. The Balaban J connectivity index is 2.47. The first-order valence-corrected chi connectivity index (χ1v) is 5.57. The van der Waals surface area contributed by atoms with E-state index >= 15 is 0 Å². The van der Waals surface area contributed by atoms with E-state index in [2.05, 4.69) is 35.2 Å². The third-order valence-electron chi connectivity index (χ3n) is 2.72. The van der Waals surface area contributed by atoms with E-state index in [0.29, 0.717) is 0 Å². The van der Waals surface area contributed by atoms with Crippen LogP contribution in [0.5, 0.6) is 0 Å². The number of anilines is 1. The van der Waals surface area contributed by atoms with Crippen LogP contribution < -0.4 is 5.32 Å². The van der Waals surface area contributed by atoms with E-state index < -0.39 is 0 Å². The summed E-state index contributed by atoms with van der Waals surface area (Å²) in [5, 5.41) is 3.28. The van der Waals surface area contributed by atoms with Gasteiger partial charge in [-0.25, -0.2) is 4.98 Å². The fourth-order valence-corrected chi connectivity index (χ4v) is 1.86. The summed E-state index contributed by atoms with van der Waals surface area (Å²) in [7, 11) is 0. The number of nitrogens with one attached hydrogen (secondary N) is 1. The molecule has 0 amide bonds. The molecule has 1 aromatic rings. The summed E-state index contributed by atoms with van der Waals surface area (Å²) in [6.45, 7) is 6.34. The molecule has 1 N–H and O–H groups in total. The number of rotatable bonds is 2. The molecule has 0 saturated carbocycles. The predicted molar refractivity (Wildman–Crippen MR) is 63.7 cm³/mol. The molecule has 0 radical (unpaired) electrons. The predicted octanol–water partition coefficient (Wildman–Crippen LogP) is 2.40. The molecule has 15 heavy (non-hydrogen) atoms. The smallest absolute Gasteiger partial charge is 0.136 e. The van der Waals surface area contributed by atoms with E-state index in [1.54, 1.807) is 0 Å². The highest BCUT2D eigenvalue weighted by atomic mass is 15.1. The molecule has 1 aliphatic rings. The van der Waals surface area contributed by atoms with Gasteiger partial charge in [0.15, 0.2) is 0 Å². The fourth-order valence-electron chi connectivity index (χ4n) is 1.86. The van der Waals surface area contributed by atoms with Gasteiger partial charge in [-0.3, -0.25) is 4.99 Å². The maximum Gasteiger partial charge on any atom is 0.136 e. The van der Waals surface area contributed by atoms with Crippen molar-refractivity contribution in [1.29, 1.82) is 0 Å². The van der Waals surface area contributed by atoms with Crippen LogP contribution in [-0.4, -0.2) is 17.4 Å². The van der Waals surface area contributed by atoms with Crippen LogP contribution >= 0.6 is 0 Å². The molecule has 0 aromatic carbocycles. The van der Waals surface area contributed by atoms with Gasteiger partial charge in [-0.05, 0) is 31.4 Å². The fraction of sp³-hybridized carbons (Fsp3) is 0.500. The van der Waals surface area contributed by atoms with E-state index in [4.69, 9.17) is 0 Å². The molecule has 2 rings (SSSR count). The van der Waals surface area contributed by atoms with Crippen molar-refractivity contribution in [3.63, 3.8) is 0 Å². The third kappa shape index (κ3) is 1.87. The SMILES string of the molecule is CCc1cc2c(nc1CC)N[C@@H](C)N=C2. The average Bonchev–Trinajstić information content (AvgIpc) is 2.27. The van der Waals surface area contributed by atoms with Crippen molar-refractivity contribution in [2.24, 2.45) is 4.99 Å². The van der Waals surface area contributed by atoms with E-state index in [0.717, 1.165) is 24.2 Å². The van der Waals surface area contributed by atoms with Crippen LogP contribution in [0.25, 0.3) is 0 Å². The van der Waals surface area contributed by atoms with Crippen LogP contribution in [0, 0.1) is 0 Å². The lowest BCUT2D eigenvalue weighted by molar-refractivity contribution is 0.830. The largest absolute Gasteiger partial charge is 0.348 e. The summed E-state index contributed by atoms with van der Waals surface area (Å²) in [4.78, 5) is 8.98. The Kier molecular flexibility index (Phi) is 2.71. The zero-order valence-corrected chi connectivity index (χ0v) is 9.54. The molecule has 1 aromatic heterocycles. The first kappa shape index (κ1) is 10.1. The van der Waals surface area contributed by atoms with Gasteiger partial charge < -0.3 is 5.32 Å². The van der Waals surface area contributed by atoms with Gasteiger partial charge in [0, 0.05) is 17.5 Å². The van der Waals surface area contributed by atoms with Crippen LogP contribution in [0.15, 0.2) is 11.1 Å². The molecule has 3 nitrogen and oxygen atoms in total. The van der Waals surface area contributed by atoms with Gasteiger partial charge >= 0.3 is 0 Å². The second kappa shape index (κ2) is 4.01. The molecule has 1 atom stereocenters. The minimum absolute atomic E-state index is 0.141. The number of nitrogens with zero attached hydrogens (tertiary/aromatic N) is 2. The van der Waals surface area contributed by atoms with Gasteiger partial charge in [0.05, 0.1) is 0 Å². The summed E-state index contributed by atoms with van der Waals surface area (Å²) in [6.07, 6.45) is 4.08. The van der Waals surface area contributed by atoms with E-state index in [1.807, 2.05) is 13.1 Å². The van der Waals surface area contributed by atoms with Gasteiger partial charge in [-0.1, -0.05) is 13.8 Å². The monoisotopic (exact) mass is 203 g/mol. The van der Waals surface area contributed by atoms with Gasteiger partial charge in [-0.15, -0.1) is 0 Å². The lowest BCUT2D eigenvalue weighted by Gasteiger charge is -2.19. The molecule has 3 heteroatoms. The quantitative estimate of drug-likeness (QED) is 0.801. The molecular formula is C12H17N3. The number of aryl methyl sites for hydroxylation is 2. The second-order valence-corrected chi connectivity index (χ2v) is 3.84. The second-order valence-electron chi connectivity index (χ2n) is 3.84. The number of fused-ring (bicyclic) bond motifs is 1. The summed E-state index contributed by atoms with van der Waals surface area (Å²) in [6, 6.07) is 2.20. The van der Waals surface area contributed by atoms with Crippen molar-refractivity contribution in [3.8, 4) is 0 Å². The normalized spacial score (nSPS) is 18.5. The van der Waals surface area contributed by atoms with Crippen molar-refractivity contribution in [3.05, 3.63) is 22.9 Å². The van der Waals surface area contributed by atoms with Crippen molar-refractivity contribution in [1.82, 2.24) is 4.98 Å². The number of aliphatic imine (C=N–C) groups is 1. The van der Waals surface area contributed by atoms with Crippen LogP contribution in [0.4, 0.5) is 5.82 Å². The van der Waals surface area contributed by atoms with Gasteiger partial charge in [-0.2, -0.15) is 0 Å². The first-order chi connectivity index (χ1) is 7.24. The minimum Gasteiger partial charge on any atom is -0.348 e. The number of hydrogen-bond donors (Lipinski definition) is 1. The Hall–Kier alpha value is -1.38. The highest BCUT2D eigenvalue weighted by molar-refractivity contribution is 5.88. The Morgan fingerprint density at radius 3 is 2.80 bits per heavy atom. The number of aromatic nitrogens is 1. The molecular weight excluding hydrogens is 186 g/mol. The summed E-state index contributed by atoms with van der Waals surface area (Å²) < 4.78 is 0. The van der Waals surface area contributed by atoms with Gasteiger partial charge in [0.2, 0.25) is 0 Å². The molecule has 0 spiro atoms. The average molecular weight is 203 g/mol. The Morgan fingerprint density at radius 2 is 2.13 bits per heavy atom. The van der Waals surface area contributed by atoms with E-state index in [9.17, 15) is 0 Å². The lowest BCUT2D eigenvalue weighted by Crippen LogP contribution is -2.20. The molecule has 0 fully saturated rings. The summed E-state index contributed by atoms with van der Waals surface area (Å²) in [5.74, 6) is 0.978. The number of pyridine rings is 1. The lowest BCUT2D eigenvalue weighted by atomic mass is 10.1. The molecule has 0 saturated heterocycles. The minimum atomic E-state index is 0.141. The van der Waals surface area contributed by atoms with Gasteiger partial charge in [0.25, 0.3) is 0 Å². The van der Waals surface area contributed by atoms with Crippen molar-refractivity contribution in [2.75, 3.05) is 5.32 Å². The van der Waals surface area contributed by atoms with Crippen LogP contribution in [0.3, 0.4) is 0 Å². The van der Waals surface area contributed by atoms with Crippen molar-refractivity contribution in [2.45, 2.75) is 39.8 Å².